The van der Waals surface area contributed by atoms with Gasteiger partial charge in [0.15, 0.2) is 0 Å². The summed E-state index contributed by atoms with van der Waals surface area (Å²) >= 11 is 0. The first-order valence-electron chi connectivity index (χ1n) is 9.24. The number of aromatic nitrogens is 2. The molecule has 2 heterocycles. The molecule has 1 fully saturated rings. The summed E-state index contributed by atoms with van der Waals surface area (Å²) in [6.45, 7) is 11.9. The predicted molar refractivity (Wildman–Crippen MR) is 95.1 cm³/mol. The molecule has 0 bridgehead atoms. The highest BCUT2D eigenvalue weighted by Gasteiger charge is 2.21. The van der Waals surface area contributed by atoms with Gasteiger partial charge >= 0.3 is 6.03 Å². The van der Waals surface area contributed by atoms with Crippen LogP contribution in [0, 0.1) is 13.8 Å². The third kappa shape index (κ3) is 4.72. The second-order valence-electron chi connectivity index (χ2n) is 6.56. The van der Waals surface area contributed by atoms with Crippen molar-refractivity contribution in [1.29, 1.82) is 0 Å². The van der Waals surface area contributed by atoms with E-state index in [9.17, 15) is 4.79 Å². The van der Waals surface area contributed by atoms with E-state index >= 15 is 0 Å². The van der Waals surface area contributed by atoms with E-state index in [-0.39, 0.29) is 12.1 Å². The molecule has 2 rings (SSSR count). The van der Waals surface area contributed by atoms with Crippen molar-refractivity contribution in [2.45, 2.75) is 72.6 Å². The third-order valence-corrected chi connectivity index (χ3v) is 4.73. The van der Waals surface area contributed by atoms with Crippen LogP contribution in [0.2, 0.25) is 0 Å². The first-order valence-corrected chi connectivity index (χ1v) is 9.24. The Labute approximate surface area is 145 Å². The van der Waals surface area contributed by atoms with Gasteiger partial charge in [0.1, 0.15) is 0 Å². The van der Waals surface area contributed by atoms with Gasteiger partial charge < -0.3 is 15.0 Å². The van der Waals surface area contributed by atoms with E-state index < -0.39 is 0 Å². The summed E-state index contributed by atoms with van der Waals surface area (Å²) in [7, 11) is 0. The third-order valence-electron chi connectivity index (χ3n) is 4.73. The lowest BCUT2D eigenvalue weighted by atomic mass is 10.1. The normalized spacial score (nSPS) is 17.8. The van der Waals surface area contributed by atoms with Crippen LogP contribution < -0.4 is 5.32 Å². The van der Waals surface area contributed by atoms with E-state index in [0.29, 0.717) is 13.1 Å². The first kappa shape index (κ1) is 18.8. The molecule has 1 N–H and O–H groups in total. The lowest BCUT2D eigenvalue weighted by molar-refractivity contribution is 0.000694. The Morgan fingerprint density at radius 3 is 2.75 bits per heavy atom. The van der Waals surface area contributed by atoms with E-state index in [2.05, 4.69) is 31.2 Å². The van der Waals surface area contributed by atoms with Crippen LogP contribution in [0.25, 0.3) is 0 Å². The maximum absolute atomic E-state index is 12.6. The van der Waals surface area contributed by atoms with Crippen LogP contribution in [0.5, 0.6) is 0 Å². The molecule has 1 saturated heterocycles. The molecule has 0 spiro atoms. The van der Waals surface area contributed by atoms with Gasteiger partial charge in [-0.1, -0.05) is 6.92 Å². The van der Waals surface area contributed by atoms with Gasteiger partial charge in [-0.25, -0.2) is 4.79 Å². The lowest BCUT2D eigenvalue weighted by Crippen LogP contribution is -2.45. The summed E-state index contributed by atoms with van der Waals surface area (Å²) in [6.07, 6.45) is 4.51. The number of hydrogen-bond donors (Lipinski definition) is 1. The summed E-state index contributed by atoms with van der Waals surface area (Å²) < 4.78 is 7.77. The fourth-order valence-corrected chi connectivity index (χ4v) is 3.32. The predicted octanol–water partition coefficient (Wildman–Crippen LogP) is 3.01. The highest BCUT2D eigenvalue weighted by Crippen LogP contribution is 2.15. The van der Waals surface area contributed by atoms with E-state index in [1.165, 1.54) is 6.42 Å². The average Bonchev–Trinajstić information content (AvgIpc) is 2.87. The van der Waals surface area contributed by atoms with Crippen molar-refractivity contribution in [1.82, 2.24) is 20.0 Å². The Kier molecular flexibility index (Phi) is 7.09. The SMILES string of the molecule is CCCN(C[C@@H]1CCCCO1)C(=O)NCc1c(C)nn(CC)c1C. The quantitative estimate of drug-likeness (QED) is 0.832. The van der Waals surface area contributed by atoms with E-state index in [0.717, 1.165) is 55.9 Å². The zero-order valence-corrected chi connectivity index (χ0v) is 15.6. The Morgan fingerprint density at radius 2 is 2.17 bits per heavy atom. The molecule has 1 aliphatic rings. The topological polar surface area (TPSA) is 59.4 Å². The molecule has 0 saturated carbocycles. The van der Waals surface area contributed by atoms with Gasteiger partial charge in [-0.2, -0.15) is 5.10 Å². The number of ether oxygens (including phenoxy) is 1. The van der Waals surface area contributed by atoms with Gasteiger partial charge in [0, 0.05) is 44.0 Å². The minimum atomic E-state index is -0.00549. The number of nitrogens with one attached hydrogen (secondary N) is 1. The molecule has 0 radical (unpaired) electrons. The molecular formula is C18H32N4O2. The van der Waals surface area contributed by atoms with E-state index in [1.54, 1.807) is 0 Å². The monoisotopic (exact) mass is 336 g/mol. The molecule has 1 aliphatic heterocycles. The molecule has 1 aromatic heterocycles. The maximum atomic E-state index is 12.6. The molecule has 6 nitrogen and oxygen atoms in total. The van der Waals surface area contributed by atoms with Crippen molar-refractivity contribution in [3.63, 3.8) is 0 Å². The van der Waals surface area contributed by atoms with Gasteiger partial charge in [0.25, 0.3) is 0 Å². The second kappa shape index (κ2) is 9.06. The standard InChI is InChI=1S/C18H32N4O2/c1-5-10-21(13-16-9-7-8-11-24-16)18(23)19-12-17-14(3)20-22(6-2)15(17)4/h16H,5-13H2,1-4H3,(H,19,23)/t16-/m0/s1. The highest BCUT2D eigenvalue weighted by atomic mass is 16.5. The van der Waals surface area contributed by atoms with Gasteiger partial charge in [0.05, 0.1) is 11.8 Å². The van der Waals surface area contributed by atoms with Crippen LogP contribution in [0.3, 0.4) is 0 Å². The molecule has 1 aromatic rings. The first-order chi connectivity index (χ1) is 11.6. The number of carbonyl (C=O) groups is 1. The van der Waals surface area contributed by atoms with E-state index in [4.69, 9.17) is 4.74 Å². The summed E-state index contributed by atoms with van der Waals surface area (Å²) in [5, 5.41) is 7.58. The maximum Gasteiger partial charge on any atom is 0.317 e. The molecule has 0 aliphatic carbocycles. The Morgan fingerprint density at radius 1 is 1.38 bits per heavy atom. The zero-order valence-electron chi connectivity index (χ0n) is 15.6. The molecule has 6 heteroatoms. The summed E-state index contributed by atoms with van der Waals surface area (Å²) in [5.41, 5.74) is 3.25. The number of urea groups is 1. The van der Waals surface area contributed by atoms with Gasteiger partial charge in [-0.15, -0.1) is 0 Å². The molecule has 0 unspecified atom stereocenters. The van der Waals surface area contributed by atoms with Crippen molar-refractivity contribution in [2.75, 3.05) is 19.7 Å². The number of nitrogens with zero attached hydrogens (tertiary/aromatic N) is 3. The Balaban J connectivity index is 1.93. The zero-order chi connectivity index (χ0) is 17.5. The second-order valence-corrected chi connectivity index (χ2v) is 6.56. The summed E-state index contributed by atoms with van der Waals surface area (Å²) in [4.78, 5) is 14.5. The Hall–Kier alpha value is -1.56. The molecule has 1 atom stereocenters. The minimum Gasteiger partial charge on any atom is -0.376 e. The lowest BCUT2D eigenvalue weighted by Gasteiger charge is -2.30. The molecule has 2 amide bonds. The van der Waals surface area contributed by atoms with Crippen LogP contribution in [0.4, 0.5) is 4.79 Å². The van der Waals surface area contributed by atoms with Gasteiger partial charge in [-0.05, 0) is 46.5 Å². The average molecular weight is 336 g/mol. The van der Waals surface area contributed by atoms with Crippen LogP contribution in [-0.4, -0.2) is 46.5 Å². The largest absolute Gasteiger partial charge is 0.376 e. The summed E-state index contributed by atoms with van der Waals surface area (Å²) in [5.74, 6) is 0. The van der Waals surface area contributed by atoms with Crippen molar-refractivity contribution in [3.8, 4) is 0 Å². The van der Waals surface area contributed by atoms with Gasteiger partial charge in [0.2, 0.25) is 0 Å². The van der Waals surface area contributed by atoms with Gasteiger partial charge in [-0.3, -0.25) is 4.68 Å². The Bertz CT molecular complexity index is 535. The highest BCUT2D eigenvalue weighted by molar-refractivity contribution is 5.74. The molecule has 24 heavy (non-hydrogen) atoms. The van der Waals surface area contributed by atoms with Crippen molar-refractivity contribution in [3.05, 3.63) is 17.0 Å². The van der Waals surface area contributed by atoms with Crippen LogP contribution in [-0.2, 0) is 17.8 Å². The number of amides is 2. The molecule has 136 valence electrons. The minimum absolute atomic E-state index is 0.00549. The van der Waals surface area contributed by atoms with Crippen LogP contribution >= 0.6 is 0 Å². The van der Waals surface area contributed by atoms with Crippen LogP contribution in [0.15, 0.2) is 0 Å². The van der Waals surface area contributed by atoms with E-state index in [1.807, 2.05) is 16.5 Å². The molecular weight excluding hydrogens is 304 g/mol. The number of rotatable bonds is 7. The number of hydrogen-bond acceptors (Lipinski definition) is 3. The number of carbonyl (C=O) groups excluding carboxylic acids is 1. The fraction of sp³-hybridized carbons (Fsp3) is 0.778. The van der Waals surface area contributed by atoms with Crippen molar-refractivity contribution >= 4 is 6.03 Å². The number of aryl methyl sites for hydroxylation is 2. The smallest absolute Gasteiger partial charge is 0.317 e. The molecule has 0 aromatic carbocycles. The fourth-order valence-electron chi connectivity index (χ4n) is 3.32. The summed E-state index contributed by atoms with van der Waals surface area (Å²) in [6, 6.07) is -0.00549. The van der Waals surface area contributed by atoms with Crippen molar-refractivity contribution < 1.29 is 9.53 Å². The van der Waals surface area contributed by atoms with Crippen molar-refractivity contribution in [2.24, 2.45) is 0 Å². The van der Waals surface area contributed by atoms with Crippen LogP contribution in [0.1, 0.15) is 56.5 Å².